The lowest BCUT2D eigenvalue weighted by molar-refractivity contribution is -0.114. The fourth-order valence-electron chi connectivity index (χ4n) is 2.43. The molecule has 114 valence electrons. The predicted molar refractivity (Wildman–Crippen MR) is 93.8 cm³/mol. The molecule has 2 aromatic rings. The van der Waals surface area contributed by atoms with Crippen molar-refractivity contribution in [3.63, 3.8) is 0 Å². The summed E-state index contributed by atoms with van der Waals surface area (Å²) < 4.78 is 0. The number of unbranched alkanes of at least 4 members (excludes halogenated alkanes) is 1. The van der Waals surface area contributed by atoms with Gasteiger partial charge in [0.25, 0.3) is 0 Å². The maximum Gasteiger partial charge on any atom is 0.155 e. The molecule has 0 bridgehead atoms. The van der Waals surface area contributed by atoms with Crippen molar-refractivity contribution in [2.45, 2.75) is 39.5 Å². The van der Waals surface area contributed by atoms with Gasteiger partial charge in [0.05, 0.1) is 0 Å². The Hall–Kier alpha value is -2.15. The van der Waals surface area contributed by atoms with Crippen LogP contribution in [0.4, 0.5) is 0 Å². The Balaban J connectivity index is 2.23. The Morgan fingerprint density at radius 1 is 1.00 bits per heavy atom. The molecule has 0 radical (unpaired) electrons. The van der Waals surface area contributed by atoms with Crippen LogP contribution in [0.15, 0.2) is 60.7 Å². The van der Waals surface area contributed by atoms with Crippen molar-refractivity contribution in [3.8, 4) is 0 Å². The highest BCUT2D eigenvalue weighted by Gasteiger charge is 2.06. The average Bonchev–Trinajstić information content (AvgIpc) is 2.55. The van der Waals surface area contributed by atoms with E-state index in [4.69, 9.17) is 0 Å². The zero-order valence-corrected chi connectivity index (χ0v) is 13.5. The number of carbonyl (C=O) groups excluding carboxylic acids is 1. The van der Waals surface area contributed by atoms with Gasteiger partial charge in [0.15, 0.2) is 5.78 Å². The summed E-state index contributed by atoms with van der Waals surface area (Å²) in [4.78, 5) is 12.2. The second-order valence-corrected chi connectivity index (χ2v) is 5.77. The molecule has 0 aliphatic heterocycles. The van der Waals surface area contributed by atoms with Crippen LogP contribution in [0.3, 0.4) is 0 Å². The van der Waals surface area contributed by atoms with Crippen LogP contribution >= 0.6 is 0 Å². The Morgan fingerprint density at radius 2 is 1.68 bits per heavy atom. The lowest BCUT2D eigenvalue weighted by atomic mass is 9.96. The van der Waals surface area contributed by atoms with Crippen LogP contribution < -0.4 is 0 Å². The number of benzene rings is 2. The van der Waals surface area contributed by atoms with E-state index in [-0.39, 0.29) is 5.78 Å². The molecule has 0 aliphatic rings. The Kier molecular flexibility index (Phi) is 6.14. The fourth-order valence-corrected chi connectivity index (χ4v) is 2.43. The van der Waals surface area contributed by atoms with Gasteiger partial charge in [-0.1, -0.05) is 73.5 Å². The third kappa shape index (κ3) is 5.00. The molecule has 0 saturated heterocycles. The lowest BCUT2D eigenvalue weighted by Gasteiger charge is -2.09. The molecule has 1 heteroatoms. The van der Waals surface area contributed by atoms with Crippen molar-refractivity contribution >= 4 is 11.4 Å². The number of rotatable bonds is 7. The minimum absolute atomic E-state index is 0.229. The molecule has 0 saturated carbocycles. The summed E-state index contributed by atoms with van der Waals surface area (Å²) >= 11 is 0. The maximum absolute atomic E-state index is 12.2. The molecule has 1 nitrogen and oxygen atoms in total. The number of hydrogen-bond acceptors (Lipinski definition) is 1. The number of carbonyl (C=O) groups is 1. The largest absolute Gasteiger partial charge is 0.295 e. The molecule has 2 aromatic carbocycles. The van der Waals surface area contributed by atoms with E-state index >= 15 is 0 Å². The molecule has 0 amide bonds. The van der Waals surface area contributed by atoms with Crippen molar-refractivity contribution in [1.29, 1.82) is 0 Å². The van der Waals surface area contributed by atoms with Gasteiger partial charge in [0.1, 0.15) is 0 Å². The van der Waals surface area contributed by atoms with Gasteiger partial charge in [-0.25, -0.2) is 0 Å². The highest BCUT2D eigenvalue weighted by atomic mass is 16.1. The third-order valence-corrected chi connectivity index (χ3v) is 3.77. The van der Waals surface area contributed by atoms with E-state index in [2.05, 4.69) is 50.2 Å². The molecule has 0 heterocycles. The number of aryl methyl sites for hydroxylation is 1. The quantitative estimate of drug-likeness (QED) is 0.626. The summed E-state index contributed by atoms with van der Waals surface area (Å²) in [6.45, 7) is 4.20. The van der Waals surface area contributed by atoms with E-state index in [1.807, 2.05) is 24.3 Å². The van der Waals surface area contributed by atoms with E-state index < -0.39 is 0 Å². The van der Waals surface area contributed by atoms with Gasteiger partial charge < -0.3 is 0 Å². The summed E-state index contributed by atoms with van der Waals surface area (Å²) in [5, 5.41) is 0. The summed E-state index contributed by atoms with van der Waals surface area (Å²) in [5.41, 5.74) is 4.73. The summed E-state index contributed by atoms with van der Waals surface area (Å²) in [5.74, 6) is 0.229. The van der Waals surface area contributed by atoms with Crippen LogP contribution in [-0.4, -0.2) is 5.78 Å². The first kappa shape index (κ1) is 16.2. The van der Waals surface area contributed by atoms with Crippen LogP contribution in [0.25, 0.3) is 5.57 Å². The van der Waals surface area contributed by atoms with Gasteiger partial charge in [0, 0.05) is 6.42 Å². The van der Waals surface area contributed by atoms with Gasteiger partial charge >= 0.3 is 0 Å². The minimum Gasteiger partial charge on any atom is -0.295 e. The predicted octanol–water partition coefficient (Wildman–Crippen LogP) is 5.38. The van der Waals surface area contributed by atoms with Crippen LogP contribution in [-0.2, 0) is 11.2 Å². The monoisotopic (exact) mass is 292 g/mol. The standard InChI is InChI=1S/C21H24O/c1-3-4-10-21(22)16-20(19-8-6-5-7-9-19)15-18-13-11-17(2)12-14-18/h5-9,11-14,16H,3-4,10,15H2,1-2H3/b20-16-. The molecule has 2 rings (SSSR count). The second-order valence-electron chi connectivity index (χ2n) is 5.77. The molecule has 0 aromatic heterocycles. The van der Waals surface area contributed by atoms with Crippen molar-refractivity contribution in [3.05, 3.63) is 77.4 Å². The first-order chi connectivity index (χ1) is 10.7. The first-order valence-corrected chi connectivity index (χ1v) is 8.03. The highest BCUT2D eigenvalue weighted by Crippen LogP contribution is 2.20. The zero-order valence-electron chi connectivity index (χ0n) is 13.5. The fraction of sp³-hybridized carbons (Fsp3) is 0.286. The zero-order chi connectivity index (χ0) is 15.8. The van der Waals surface area contributed by atoms with Gasteiger partial charge in [-0.05, 0) is 42.5 Å². The van der Waals surface area contributed by atoms with Crippen molar-refractivity contribution in [2.24, 2.45) is 0 Å². The molecule has 0 aliphatic carbocycles. The molecule has 0 N–H and O–H groups in total. The number of ketones is 1. The highest BCUT2D eigenvalue weighted by molar-refractivity contribution is 5.97. The SMILES string of the molecule is CCCCC(=O)/C=C(/Cc1ccc(C)cc1)c1ccccc1. The molecule has 0 unspecified atom stereocenters. The Labute approximate surface area is 133 Å². The van der Waals surface area contributed by atoms with Gasteiger partial charge in [-0.15, -0.1) is 0 Å². The molecular weight excluding hydrogens is 268 g/mol. The van der Waals surface area contributed by atoms with Crippen LogP contribution in [0.5, 0.6) is 0 Å². The van der Waals surface area contributed by atoms with E-state index in [1.165, 1.54) is 11.1 Å². The molecule has 0 atom stereocenters. The summed E-state index contributed by atoms with van der Waals surface area (Å²) in [6.07, 6.45) is 5.29. The third-order valence-electron chi connectivity index (χ3n) is 3.77. The maximum atomic E-state index is 12.2. The topological polar surface area (TPSA) is 17.1 Å². The van der Waals surface area contributed by atoms with E-state index in [0.717, 1.165) is 30.4 Å². The first-order valence-electron chi connectivity index (χ1n) is 8.03. The van der Waals surface area contributed by atoms with Crippen LogP contribution in [0.1, 0.15) is 42.9 Å². The van der Waals surface area contributed by atoms with Crippen molar-refractivity contribution < 1.29 is 4.79 Å². The normalized spacial score (nSPS) is 11.5. The molecular formula is C21H24O. The lowest BCUT2D eigenvalue weighted by Crippen LogP contribution is -1.98. The van der Waals surface area contributed by atoms with Crippen molar-refractivity contribution in [1.82, 2.24) is 0 Å². The van der Waals surface area contributed by atoms with E-state index in [9.17, 15) is 4.79 Å². The van der Waals surface area contributed by atoms with Crippen LogP contribution in [0.2, 0.25) is 0 Å². The second kappa shape index (κ2) is 8.33. The average molecular weight is 292 g/mol. The van der Waals surface area contributed by atoms with Crippen LogP contribution in [0, 0.1) is 6.92 Å². The Morgan fingerprint density at radius 3 is 2.32 bits per heavy atom. The summed E-state index contributed by atoms with van der Waals surface area (Å²) in [6, 6.07) is 18.7. The van der Waals surface area contributed by atoms with Gasteiger partial charge in [0.2, 0.25) is 0 Å². The number of allylic oxidation sites excluding steroid dienone is 2. The molecule has 22 heavy (non-hydrogen) atoms. The summed E-state index contributed by atoms with van der Waals surface area (Å²) in [7, 11) is 0. The van der Waals surface area contributed by atoms with Gasteiger partial charge in [-0.2, -0.15) is 0 Å². The smallest absolute Gasteiger partial charge is 0.155 e. The van der Waals surface area contributed by atoms with E-state index in [1.54, 1.807) is 0 Å². The Bertz CT molecular complexity index is 621. The van der Waals surface area contributed by atoms with E-state index in [0.29, 0.717) is 6.42 Å². The minimum atomic E-state index is 0.229. The van der Waals surface area contributed by atoms with Crippen molar-refractivity contribution in [2.75, 3.05) is 0 Å². The molecule has 0 spiro atoms. The van der Waals surface area contributed by atoms with Gasteiger partial charge in [-0.3, -0.25) is 4.79 Å². The number of hydrogen-bond donors (Lipinski definition) is 0. The molecule has 0 fully saturated rings.